The van der Waals surface area contributed by atoms with Gasteiger partial charge >= 0.3 is 0 Å². The summed E-state index contributed by atoms with van der Waals surface area (Å²) in [6.07, 6.45) is 0.244. The van der Waals surface area contributed by atoms with Crippen LogP contribution in [-0.4, -0.2) is 19.5 Å². The van der Waals surface area contributed by atoms with Gasteiger partial charge in [-0.2, -0.15) is 0 Å². The molecular formula is C12H10Cl2O5. The lowest BCUT2D eigenvalue weighted by Gasteiger charge is -2.03. The molecule has 1 aliphatic rings. The standard InChI is InChI=1S/C7H7ClO3.C5H3ClO2/c8-6-2-1-5(11-6)7-9-3-4-10-7;6-5-2-1-4(3-7)8-5/h1-2,7H,3-4H2;1-3H. The molecule has 0 radical (unpaired) electrons. The summed E-state index contributed by atoms with van der Waals surface area (Å²) in [5, 5.41) is 0.603. The maximum Gasteiger partial charge on any atom is 0.217 e. The van der Waals surface area contributed by atoms with Crippen molar-refractivity contribution in [1.29, 1.82) is 0 Å². The summed E-state index contributed by atoms with van der Waals surface area (Å²) < 4.78 is 20.1. The van der Waals surface area contributed by atoms with Crippen LogP contribution in [0, 0.1) is 0 Å². The molecule has 0 saturated carbocycles. The molecular weight excluding hydrogens is 295 g/mol. The van der Waals surface area contributed by atoms with Gasteiger partial charge in [0.1, 0.15) is 0 Å². The lowest BCUT2D eigenvalue weighted by atomic mass is 10.4. The van der Waals surface area contributed by atoms with Gasteiger partial charge in [-0.3, -0.25) is 4.79 Å². The Morgan fingerprint density at radius 1 is 1.00 bits per heavy atom. The molecule has 2 aromatic heterocycles. The van der Waals surface area contributed by atoms with Crippen LogP contribution < -0.4 is 0 Å². The van der Waals surface area contributed by atoms with E-state index in [9.17, 15) is 4.79 Å². The van der Waals surface area contributed by atoms with E-state index in [0.717, 1.165) is 0 Å². The molecule has 5 nitrogen and oxygen atoms in total. The summed E-state index contributed by atoms with van der Waals surface area (Å²) in [6.45, 7) is 1.23. The highest BCUT2D eigenvalue weighted by atomic mass is 35.5. The molecule has 2 aromatic rings. The van der Waals surface area contributed by atoms with Gasteiger partial charge in [-0.15, -0.1) is 0 Å². The van der Waals surface area contributed by atoms with Crippen LogP contribution in [-0.2, 0) is 9.47 Å². The molecule has 0 unspecified atom stereocenters. The van der Waals surface area contributed by atoms with Gasteiger partial charge in [-0.25, -0.2) is 0 Å². The molecule has 7 heteroatoms. The molecule has 0 amide bonds. The molecule has 1 fully saturated rings. The third kappa shape index (κ3) is 4.11. The third-order valence-electron chi connectivity index (χ3n) is 2.16. The Balaban J connectivity index is 0.000000148. The number of halogens is 2. The predicted octanol–water partition coefficient (Wildman–Crippen LogP) is 3.72. The van der Waals surface area contributed by atoms with E-state index in [0.29, 0.717) is 30.5 Å². The fourth-order valence-corrected chi connectivity index (χ4v) is 1.67. The summed E-state index contributed by atoms with van der Waals surface area (Å²) in [5.41, 5.74) is 0. The van der Waals surface area contributed by atoms with E-state index in [1.165, 1.54) is 12.1 Å². The van der Waals surface area contributed by atoms with Crippen molar-refractivity contribution >= 4 is 29.5 Å². The van der Waals surface area contributed by atoms with Gasteiger partial charge in [0.15, 0.2) is 28.2 Å². The van der Waals surface area contributed by atoms with Crippen LogP contribution in [0.1, 0.15) is 22.6 Å². The fourth-order valence-electron chi connectivity index (χ4n) is 1.37. The molecule has 1 aliphatic heterocycles. The van der Waals surface area contributed by atoms with Gasteiger partial charge in [0.2, 0.25) is 6.29 Å². The fraction of sp³-hybridized carbons (Fsp3) is 0.250. The number of furan rings is 2. The second-order valence-electron chi connectivity index (χ2n) is 3.48. The monoisotopic (exact) mass is 304 g/mol. The first-order valence-electron chi connectivity index (χ1n) is 5.38. The second kappa shape index (κ2) is 6.77. The van der Waals surface area contributed by atoms with Crippen molar-refractivity contribution < 1.29 is 23.1 Å². The van der Waals surface area contributed by atoms with E-state index in [-0.39, 0.29) is 17.3 Å². The summed E-state index contributed by atoms with van der Waals surface area (Å²) in [6, 6.07) is 6.45. The number of rotatable bonds is 2. The van der Waals surface area contributed by atoms with Crippen LogP contribution in [0.5, 0.6) is 0 Å². The van der Waals surface area contributed by atoms with Crippen LogP contribution in [0.2, 0.25) is 10.4 Å². The number of carbonyl (C=O) groups is 1. The minimum Gasteiger partial charge on any atom is -0.444 e. The lowest BCUT2D eigenvalue weighted by molar-refractivity contribution is -0.0588. The van der Waals surface area contributed by atoms with Crippen molar-refractivity contribution in [2.45, 2.75) is 6.29 Å². The first-order valence-corrected chi connectivity index (χ1v) is 6.13. The van der Waals surface area contributed by atoms with Gasteiger partial charge in [-0.05, 0) is 47.5 Å². The van der Waals surface area contributed by atoms with Gasteiger partial charge in [-0.1, -0.05) is 0 Å². The quantitative estimate of drug-likeness (QED) is 0.791. The molecule has 102 valence electrons. The van der Waals surface area contributed by atoms with E-state index in [1.807, 2.05) is 0 Å². The topological polar surface area (TPSA) is 61.8 Å². The van der Waals surface area contributed by atoms with Crippen LogP contribution in [0.4, 0.5) is 0 Å². The maximum atomic E-state index is 9.87. The third-order valence-corrected chi connectivity index (χ3v) is 2.56. The van der Waals surface area contributed by atoms with Crippen LogP contribution in [0.25, 0.3) is 0 Å². The average molecular weight is 305 g/mol. The average Bonchev–Trinajstić information content (AvgIpc) is 3.10. The Labute approximate surface area is 119 Å². The maximum absolute atomic E-state index is 9.87. The van der Waals surface area contributed by atoms with Gasteiger partial charge < -0.3 is 18.3 Å². The highest BCUT2D eigenvalue weighted by Gasteiger charge is 2.21. The number of hydrogen-bond donors (Lipinski definition) is 0. The largest absolute Gasteiger partial charge is 0.444 e. The smallest absolute Gasteiger partial charge is 0.217 e. The van der Waals surface area contributed by atoms with Crippen molar-refractivity contribution in [3.8, 4) is 0 Å². The van der Waals surface area contributed by atoms with Gasteiger partial charge in [0, 0.05) is 0 Å². The number of ether oxygens (including phenoxy) is 2. The Bertz CT molecular complexity index is 528. The van der Waals surface area contributed by atoms with Crippen LogP contribution >= 0.6 is 23.2 Å². The van der Waals surface area contributed by atoms with Crippen molar-refractivity contribution in [2.75, 3.05) is 13.2 Å². The summed E-state index contributed by atoms with van der Waals surface area (Å²) in [5.74, 6) is 0.891. The van der Waals surface area contributed by atoms with Crippen LogP contribution in [0.15, 0.2) is 33.1 Å². The minimum atomic E-state index is -0.359. The molecule has 0 bridgehead atoms. The number of aldehydes is 1. The zero-order chi connectivity index (χ0) is 13.7. The Morgan fingerprint density at radius 2 is 1.63 bits per heavy atom. The van der Waals surface area contributed by atoms with Crippen molar-refractivity contribution in [2.24, 2.45) is 0 Å². The highest BCUT2D eigenvalue weighted by Crippen LogP contribution is 2.26. The molecule has 3 heterocycles. The molecule has 3 rings (SSSR count). The summed E-state index contributed by atoms with van der Waals surface area (Å²) in [7, 11) is 0. The Hall–Kier alpha value is -1.27. The second-order valence-corrected chi connectivity index (χ2v) is 4.22. The van der Waals surface area contributed by atoms with E-state index in [2.05, 4.69) is 4.42 Å². The SMILES string of the molecule is Clc1ccc(C2OCCO2)o1.O=Cc1ccc(Cl)o1. The normalized spacial score (nSPS) is 15.1. The minimum absolute atomic E-state index is 0.243. The highest BCUT2D eigenvalue weighted by molar-refractivity contribution is 6.29. The Morgan fingerprint density at radius 3 is 2.05 bits per heavy atom. The zero-order valence-electron chi connectivity index (χ0n) is 9.68. The predicted molar refractivity (Wildman–Crippen MR) is 67.5 cm³/mol. The Kier molecular flexibility index (Phi) is 5.04. The van der Waals surface area contributed by atoms with Gasteiger partial charge in [0.05, 0.1) is 13.2 Å². The molecule has 0 aliphatic carbocycles. The van der Waals surface area contributed by atoms with E-state index >= 15 is 0 Å². The van der Waals surface area contributed by atoms with Crippen LogP contribution in [0.3, 0.4) is 0 Å². The van der Waals surface area contributed by atoms with E-state index < -0.39 is 0 Å². The van der Waals surface area contributed by atoms with Crippen molar-refractivity contribution in [3.63, 3.8) is 0 Å². The van der Waals surface area contributed by atoms with Crippen molar-refractivity contribution in [3.05, 3.63) is 46.2 Å². The molecule has 0 atom stereocenters. The first-order chi connectivity index (χ1) is 9.19. The van der Waals surface area contributed by atoms with E-state index in [1.54, 1.807) is 12.1 Å². The molecule has 0 N–H and O–H groups in total. The first kappa shape index (κ1) is 14.1. The molecule has 0 aromatic carbocycles. The molecule has 1 saturated heterocycles. The molecule has 19 heavy (non-hydrogen) atoms. The number of hydrogen-bond acceptors (Lipinski definition) is 5. The summed E-state index contributed by atoms with van der Waals surface area (Å²) >= 11 is 10.9. The lowest BCUT2D eigenvalue weighted by Crippen LogP contribution is -1.94. The van der Waals surface area contributed by atoms with E-state index in [4.69, 9.17) is 37.1 Å². The molecule has 0 spiro atoms. The summed E-state index contributed by atoms with van der Waals surface area (Å²) in [4.78, 5) is 9.87. The number of carbonyl (C=O) groups excluding carboxylic acids is 1. The van der Waals surface area contributed by atoms with Gasteiger partial charge in [0.25, 0.3) is 0 Å². The van der Waals surface area contributed by atoms with Crippen molar-refractivity contribution in [1.82, 2.24) is 0 Å². The zero-order valence-corrected chi connectivity index (χ0v) is 11.2.